The molecule has 0 unspecified atom stereocenters. The first-order valence-electron chi connectivity index (χ1n) is 5.73. The molecule has 0 aliphatic carbocycles. The van der Waals surface area contributed by atoms with Crippen LogP contribution in [0.4, 0.5) is 0 Å². The molecular weight excluding hydrogens is 250 g/mol. The number of nitriles is 1. The van der Waals surface area contributed by atoms with Gasteiger partial charge < -0.3 is 9.84 Å². The van der Waals surface area contributed by atoms with Crippen molar-refractivity contribution in [3.8, 4) is 11.8 Å². The molecule has 1 aromatic heterocycles. The van der Waals surface area contributed by atoms with Crippen molar-refractivity contribution in [2.75, 3.05) is 6.61 Å². The smallest absolute Gasteiger partial charge is 0.349 e. The molecule has 0 aromatic carbocycles. The molecule has 0 radical (unpaired) electrons. The van der Waals surface area contributed by atoms with Gasteiger partial charge in [0.2, 0.25) is 0 Å². The van der Waals surface area contributed by atoms with Crippen LogP contribution in [0.25, 0.3) is 0 Å². The Morgan fingerprint density at radius 2 is 2.28 bits per heavy atom. The Bertz CT molecular complexity index is 471. The van der Waals surface area contributed by atoms with E-state index in [0.717, 1.165) is 17.7 Å². The highest BCUT2D eigenvalue weighted by Crippen LogP contribution is 2.29. The summed E-state index contributed by atoms with van der Waals surface area (Å²) in [5.74, 6) is -0.528. The molecule has 0 amide bonds. The fourth-order valence-electron chi connectivity index (χ4n) is 1.50. The molecule has 0 bridgehead atoms. The second-order valence-corrected chi connectivity index (χ2v) is 6.06. The topological polar surface area (TPSA) is 70.3 Å². The SMILES string of the molecule is Cc1cc(OCCCC(C)(C)C#N)c(C(=O)O)s1. The molecule has 0 aliphatic heterocycles. The van der Waals surface area contributed by atoms with E-state index in [-0.39, 0.29) is 10.3 Å². The number of ether oxygens (including phenoxy) is 1. The Labute approximate surface area is 111 Å². The van der Waals surface area contributed by atoms with Crippen LogP contribution in [-0.2, 0) is 0 Å². The predicted molar refractivity (Wildman–Crippen MR) is 70.1 cm³/mol. The number of nitrogens with zero attached hydrogens (tertiary/aromatic N) is 1. The van der Waals surface area contributed by atoms with Crippen molar-refractivity contribution < 1.29 is 14.6 Å². The van der Waals surface area contributed by atoms with Crippen LogP contribution in [-0.4, -0.2) is 17.7 Å². The van der Waals surface area contributed by atoms with E-state index >= 15 is 0 Å². The van der Waals surface area contributed by atoms with Crippen LogP contribution in [0, 0.1) is 23.7 Å². The molecule has 0 saturated carbocycles. The molecule has 4 nitrogen and oxygen atoms in total. The van der Waals surface area contributed by atoms with Gasteiger partial charge in [-0.1, -0.05) is 0 Å². The molecule has 1 heterocycles. The zero-order valence-electron chi connectivity index (χ0n) is 10.8. The van der Waals surface area contributed by atoms with Crippen LogP contribution in [0.15, 0.2) is 6.07 Å². The Balaban J connectivity index is 2.50. The largest absolute Gasteiger partial charge is 0.492 e. The van der Waals surface area contributed by atoms with E-state index in [0.29, 0.717) is 12.4 Å². The van der Waals surface area contributed by atoms with Crippen LogP contribution in [0.5, 0.6) is 5.75 Å². The molecule has 0 atom stereocenters. The number of carboxylic acid groups (broad SMARTS) is 1. The lowest BCUT2D eigenvalue weighted by Gasteiger charge is -2.14. The first-order valence-corrected chi connectivity index (χ1v) is 6.55. The molecule has 0 saturated heterocycles. The summed E-state index contributed by atoms with van der Waals surface area (Å²) in [6.45, 7) is 6.04. The van der Waals surface area contributed by atoms with Gasteiger partial charge in [-0.25, -0.2) is 4.79 Å². The molecule has 5 heteroatoms. The maximum Gasteiger partial charge on any atom is 0.349 e. The molecule has 1 N–H and O–H groups in total. The molecule has 18 heavy (non-hydrogen) atoms. The number of carboxylic acids is 1. The van der Waals surface area contributed by atoms with Crippen LogP contribution >= 0.6 is 11.3 Å². The second-order valence-electron chi connectivity index (χ2n) is 4.80. The Hall–Kier alpha value is -1.54. The first-order chi connectivity index (χ1) is 8.35. The number of aromatic carboxylic acids is 1. The molecule has 0 fully saturated rings. The van der Waals surface area contributed by atoms with Gasteiger partial charge in [0.15, 0.2) is 4.88 Å². The third-order valence-electron chi connectivity index (χ3n) is 2.52. The van der Waals surface area contributed by atoms with Crippen LogP contribution in [0.2, 0.25) is 0 Å². The summed E-state index contributed by atoms with van der Waals surface area (Å²) in [6, 6.07) is 3.97. The maximum absolute atomic E-state index is 11.0. The highest BCUT2D eigenvalue weighted by atomic mass is 32.1. The molecule has 0 spiro atoms. The van der Waals surface area contributed by atoms with Crippen molar-refractivity contribution >= 4 is 17.3 Å². The van der Waals surface area contributed by atoms with E-state index in [1.807, 2.05) is 20.8 Å². The summed E-state index contributed by atoms with van der Waals surface area (Å²) in [5, 5.41) is 17.9. The van der Waals surface area contributed by atoms with Crippen molar-refractivity contribution in [1.29, 1.82) is 5.26 Å². The van der Waals surface area contributed by atoms with Gasteiger partial charge in [0.25, 0.3) is 0 Å². The highest BCUT2D eigenvalue weighted by Gasteiger charge is 2.17. The number of thiophene rings is 1. The number of hydrogen-bond donors (Lipinski definition) is 1. The summed E-state index contributed by atoms with van der Waals surface area (Å²) in [4.78, 5) is 12.1. The predicted octanol–water partition coefficient (Wildman–Crippen LogP) is 3.46. The van der Waals surface area contributed by atoms with E-state index in [1.165, 1.54) is 11.3 Å². The van der Waals surface area contributed by atoms with E-state index in [9.17, 15) is 4.79 Å². The lowest BCUT2D eigenvalue weighted by Crippen LogP contribution is -2.10. The molecular formula is C13H17NO3S. The molecule has 0 aliphatic rings. The quantitative estimate of drug-likeness (QED) is 0.801. The lowest BCUT2D eigenvalue weighted by atomic mass is 9.90. The summed E-state index contributed by atoms with van der Waals surface area (Å²) < 4.78 is 5.48. The van der Waals surface area contributed by atoms with Gasteiger partial charge in [-0.15, -0.1) is 11.3 Å². The van der Waals surface area contributed by atoms with E-state index < -0.39 is 5.97 Å². The van der Waals surface area contributed by atoms with E-state index in [2.05, 4.69) is 6.07 Å². The van der Waals surface area contributed by atoms with E-state index in [1.54, 1.807) is 6.07 Å². The molecule has 98 valence electrons. The molecule has 1 rings (SSSR count). The van der Waals surface area contributed by atoms with Crippen molar-refractivity contribution in [2.45, 2.75) is 33.6 Å². The minimum atomic E-state index is -0.958. The van der Waals surface area contributed by atoms with Crippen molar-refractivity contribution in [3.63, 3.8) is 0 Å². The fourth-order valence-corrected chi connectivity index (χ4v) is 2.29. The summed E-state index contributed by atoms with van der Waals surface area (Å²) in [7, 11) is 0. The van der Waals surface area contributed by atoms with Gasteiger partial charge >= 0.3 is 5.97 Å². The first kappa shape index (κ1) is 14.5. The van der Waals surface area contributed by atoms with Gasteiger partial charge in [0.05, 0.1) is 18.1 Å². The van der Waals surface area contributed by atoms with Crippen molar-refractivity contribution in [1.82, 2.24) is 0 Å². The van der Waals surface area contributed by atoms with Crippen LogP contribution < -0.4 is 4.74 Å². The minimum Gasteiger partial charge on any atom is -0.492 e. The highest BCUT2D eigenvalue weighted by molar-refractivity contribution is 7.14. The number of rotatable bonds is 6. The third-order valence-corrected chi connectivity index (χ3v) is 3.54. The minimum absolute atomic E-state index is 0.243. The summed E-state index contributed by atoms with van der Waals surface area (Å²) >= 11 is 1.21. The second kappa shape index (κ2) is 5.87. The van der Waals surface area contributed by atoms with Crippen LogP contribution in [0.1, 0.15) is 41.2 Å². The Kier molecular flexibility index (Phi) is 4.74. The zero-order valence-corrected chi connectivity index (χ0v) is 11.6. The van der Waals surface area contributed by atoms with E-state index in [4.69, 9.17) is 15.1 Å². The third kappa shape index (κ3) is 4.04. The Morgan fingerprint density at radius 1 is 1.61 bits per heavy atom. The van der Waals surface area contributed by atoms with Gasteiger partial charge in [-0.2, -0.15) is 5.26 Å². The summed E-state index contributed by atoms with van der Waals surface area (Å²) in [6.07, 6.45) is 1.46. The zero-order chi connectivity index (χ0) is 13.8. The Morgan fingerprint density at radius 3 is 2.83 bits per heavy atom. The van der Waals surface area contributed by atoms with Gasteiger partial charge in [0, 0.05) is 4.88 Å². The standard InChI is InChI=1S/C13H17NO3S/c1-9-7-10(11(18-9)12(15)16)17-6-4-5-13(2,3)8-14/h7H,4-6H2,1-3H3,(H,15,16). The average Bonchev–Trinajstić information content (AvgIpc) is 2.66. The van der Waals surface area contributed by atoms with Gasteiger partial charge in [0.1, 0.15) is 5.75 Å². The molecule has 1 aromatic rings. The lowest BCUT2D eigenvalue weighted by molar-refractivity contribution is 0.0698. The van der Waals surface area contributed by atoms with Gasteiger partial charge in [-0.3, -0.25) is 0 Å². The average molecular weight is 267 g/mol. The van der Waals surface area contributed by atoms with Crippen molar-refractivity contribution in [2.24, 2.45) is 5.41 Å². The monoisotopic (exact) mass is 267 g/mol. The number of aryl methyl sites for hydroxylation is 1. The summed E-state index contributed by atoms with van der Waals surface area (Å²) in [5.41, 5.74) is -0.358. The van der Waals surface area contributed by atoms with Gasteiger partial charge in [-0.05, 0) is 39.7 Å². The fraction of sp³-hybridized carbons (Fsp3) is 0.538. The van der Waals surface area contributed by atoms with Crippen molar-refractivity contribution in [3.05, 3.63) is 15.8 Å². The van der Waals surface area contributed by atoms with Crippen LogP contribution in [0.3, 0.4) is 0 Å². The maximum atomic E-state index is 11.0. The normalized spacial score (nSPS) is 11.0. The number of hydrogen-bond acceptors (Lipinski definition) is 4. The number of carbonyl (C=O) groups is 1.